The van der Waals surface area contributed by atoms with E-state index in [-0.39, 0.29) is 23.6 Å². The summed E-state index contributed by atoms with van der Waals surface area (Å²) in [6, 6.07) is 14.4. The summed E-state index contributed by atoms with van der Waals surface area (Å²) < 4.78 is 0. The van der Waals surface area contributed by atoms with Gasteiger partial charge in [-0.2, -0.15) is 0 Å². The van der Waals surface area contributed by atoms with Crippen LogP contribution < -0.4 is 21.3 Å². The van der Waals surface area contributed by atoms with Gasteiger partial charge in [-0.05, 0) is 74.2 Å². The largest absolute Gasteiger partial charge is 0.325 e. The number of hydrogen-bond donors (Lipinski definition) is 4. The van der Waals surface area contributed by atoms with E-state index in [2.05, 4.69) is 41.2 Å². The van der Waals surface area contributed by atoms with Gasteiger partial charge < -0.3 is 21.3 Å². The second-order valence-electron chi connectivity index (χ2n) is 11.0. The summed E-state index contributed by atoms with van der Waals surface area (Å²) in [5.74, 6) is -0.00992. The Morgan fingerprint density at radius 2 is 0.604 bits per heavy atom. The molecule has 0 aliphatic heterocycles. The van der Waals surface area contributed by atoms with Crippen molar-refractivity contribution < 1.29 is 19.2 Å². The van der Waals surface area contributed by atoms with Crippen molar-refractivity contribution in [2.75, 3.05) is 21.3 Å². The molecule has 0 unspecified atom stereocenters. The Balaban J connectivity index is 0.000000260. The molecule has 48 heavy (non-hydrogen) atoms. The predicted molar refractivity (Wildman–Crippen MR) is 187 cm³/mol. The molecule has 4 heterocycles. The number of unbranched alkanes of at least 4 members (excludes halogenated alkanes) is 6. The zero-order chi connectivity index (χ0) is 34.1. The maximum absolute atomic E-state index is 11.7. The first-order valence-corrected chi connectivity index (χ1v) is 16.3. The Bertz CT molecular complexity index is 1260. The number of pyridine rings is 4. The molecule has 0 aliphatic rings. The van der Waals surface area contributed by atoms with Crippen LogP contribution in [0.4, 0.5) is 22.7 Å². The number of nitrogens with one attached hydrogen (secondary N) is 4. The van der Waals surface area contributed by atoms with E-state index in [1.807, 2.05) is 24.3 Å². The van der Waals surface area contributed by atoms with Crippen molar-refractivity contribution in [1.29, 1.82) is 0 Å². The van der Waals surface area contributed by atoms with Crippen LogP contribution in [0, 0.1) is 0 Å². The van der Waals surface area contributed by atoms with Gasteiger partial charge >= 0.3 is 0 Å². The molecule has 0 aromatic carbocycles. The average Bonchev–Trinajstić information content (AvgIpc) is 3.10. The summed E-state index contributed by atoms with van der Waals surface area (Å²) >= 11 is 0. The van der Waals surface area contributed by atoms with Crippen LogP contribution in [0.3, 0.4) is 0 Å². The molecule has 4 N–H and O–H groups in total. The van der Waals surface area contributed by atoms with Gasteiger partial charge in [0, 0.05) is 50.5 Å². The van der Waals surface area contributed by atoms with Crippen molar-refractivity contribution in [3.63, 3.8) is 0 Å². The minimum Gasteiger partial charge on any atom is -0.325 e. The molecule has 4 aromatic heterocycles. The zero-order valence-corrected chi connectivity index (χ0v) is 27.1. The first kappa shape index (κ1) is 36.9. The molecule has 12 nitrogen and oxygen atoms in total. The van der Waals surface area contributed by atoms with Crippen molar-refractivity contribution in [1.82, 2.24) is 19.9 Å². The van der Waals surface area contributed by atoms with E-state index in [1.165, 1.54) is 0 Å². The summed E-state index contributed by atoms with van der Waals surface area (Å²) in [7, 11) is 0. The molecule has 0 saturated heterocycles. The topological polar surface area (TPSA) is 168 Å². The normalized spacial score (nSPS) is 10.2. The van der Waals surface area contributed by atoms with Gasteiger partial charge in [0.1, 0.15) is 0 Å². The lowest BCUT2D eigenvalue weighted by Crippen LogP contribution is -2.11. The molecule has 252 valence electrons. The molecular weight excluding hydrogens is 608 g/mol. The van der Waals surface area contributed by atoms with Gasteiger partial charge in [-0.1, -0.05) is 25.7 Å². The summed E-state index contributed by atoms with van der Waals surface area (Å²) in [5.41, 5.74) is 2.87. The van der Waals surface area contributed by atoms with Crippen LogP contribution in [0.25, 0.3) is 0 Å². The van der Waals surface area contributed by atoms with Crippen molar-refractivity contribution in [2.45, 2.75) is 77.0 Å². The van der Waals surface area contributed by atoms with Gasteiger partial charge in [-0.25, -0.2) is 0 Å². The van der Waals surface area contributed by atoms with Gasteiger partial charge in [-0.15, -0.1) is 0 Å². The Kier molecular flexibility index (Phi) is 17.6. The number of carbonyl (C=O) groups excluding carboxylic acids is 4. The van der Waals surface area contributed by atoms with Gasteiger partial charge in [-0.3, -0.25) is 39.1 Å². The van der Waals surface area contributed by atoms with E-state index >= 15 is 0 Å². The highest BCUT2D eigenvalue weighted by Crippen LogP contribution is 2.12. The monoisotopic (exact) mass is 652 g/mol. The van der Waals surface area contributed by atoms with Crippen LogP contribution in [-0.2, 0) is 19.2 Å². The molecular formula is C36H44N8O4. The van der Waals surface area contributed by atoms with Gasteiger partial charge in [0.25, 0.3) is 0 Å². The standard InChI is InChI=1S/2C18H22N4O2/c2*23-17(21-15-7-5-11-19-13-15)9-3-1-2-4-10-18(24)22-16-8-6-12-20-14-16/h2*5-8,11-14H,1-4,9-10H2,(H,21,23)(H,22,24). The highest BCUT2D eigenvalue weighted by atomic mass is 16.2. The Labute approximate surface area is 281 Å². The molecule has 0 atom stereocenters. The predicted octanol–water partition coefficient (Wildman–Crippen LogP) is 6.79. The van der Waals surface area contributed by atoms with E-state index in [0.29, 0.717) is 25.7 Å². The highest BCUT2D eigenvalue weighted by Gasteiger charge is 2.06. The fourth-order valence-corrected chi connectivity index (χ4v) is 4.49. The minimum atomic E-state index is -0.00248. The molecule has 0 spiro atoms. The number of rotatable bonds is 18. The average molecular weight is 653 g/mol. The lowest BCUT2D eigenvalue weighted by atomic mass is 10.1. The van der Waals surface area contributed by atoms with Crippen molar-refractivity contribution in [3.8, 4) is 0 Å². The molecule has 0 fully saturated rings. The molecule has 0 bridgehead atoms. The molecule has 4 aromatic rings. The lowest BCUT2D eigenvalue weighted by Gasteiger charge is -2.05. The Morgan fingerprint density at radius 1 is 0.375 bits per heavy atom. The smallest absolute Gasteiger partial charge is 0.224 e. The quantitative estimate of drug-likeness (QED) is 0.0852. The van der Waals surface area contributed by atoms with Gasteiger partial charge in [0.2, 0.25) is 23.6 Å². The second-order valence-corrected chi connectivity index (χ2v) is 11.0. The van der Waals surface area contributed by atoms with Crippen molar-refractivity contribution >= 4 is 46.4 Å². The van der Waals surface area contributed by atoms with Crippen LogP contribution in [-0.4, -0.2) is 43.6 Å². The molecule has 4 rings (SSSR count). The third kappa shape index (κ3) is 17.2. The third-order valence-corrected chi connectivity index (χ3v) is 6.90. The molecule has 0 saturated carbocycles. The summed E-state index contributed by atoms with van der Waals surface area (Å²) in [5, 5.41) is 11.2. The fraction of sp³-hybridized carbons (Fsp3) is 0.333. The zero-order valence-electron chi connectivity index (χ0n) is 27.1. The van der Waals surface area contributed by atoms with E-state index in [4.69, 9.17) is 0 Å². The van der Waals surface area contributed by atoms with Crippen LogP contribution in [0.2, 0.25) is 0 Å². The Hall–Kier alpha value is -5.52. The summed E-state index contributed by atoms with van der Waals surface area (Å²) in [6.07, 6.45) is 22.1. The van der Waals surface area contributed by atoms with E-state index in [1.54, 1.807) is 73.8 Å². The van der Waals surface area contributed by atoms with E-state index in [0.717, 1.165) is 74.1 Å². The van der Waals surface area contributed by atoms with E-state index in [9.17, 15) is 19.2 Å². The number of nitrogens with zero attached hydrogens (tertiary/aromatic N) is 4. The number of aromatic nitrogens is 4. The van der Waals surface area contributed by atoms with E-state index < -0.39 is 0 Å². The lowest BCUT2D eigenvalue weighted by molar-refractivity contribution is -0.117. The first-order valence-electron chi connectivity index (χ1n) is 16.3. The molecule has 4 amide bonds. The van der Waals surface area contributed by atoms with Crippen LogP contribution in [0.5, 0.6) is 0 Å². The number of anilines is 4. The Morgan fingerprint density at radius 3 is 0.792 bits per heavy atom. The fourth-order valence-electron chi connectivity index (χ4n) is 4.49. The van der Waals surface area contributed by atoms with Crippen LogP contribution in [0.1, 0.15) is 77.0 Å². The molecule has 0 radical (unpaired) electrons. The molecule has 0 aliphatic carbocycles. The third-order valence-electron chi connectivity index (χ3n) is 6.90. The van der Waals surface area contributed by atoms with Crippen LogP contribution in [0.15, 0.2) is 98.1 Å². The van der Waals surface area contributed by atoms with Gasteiger partial charge in [0.05, 0.1) is 47.5 Å². The SMILES string of the molecule is O=C(CCCCCCC(=O)Nc1cccnc1)Nc1cccnc1.O=C(CCCCCCC(=O)Nc1cccnc1)Nc1cccnc1. The second kappa shape index (κ2) is 22.9. The van der Waals surface area contributed by atoms with Crippen LogP contribution >= 0.6 is 0 Å². The number of hydrogen-bond acceptors (Lipinski definition) is 8. The minimum absolute atomic E-state index is 0.00248. The number of carbonyl (C=O) groups is 4. The van der Waals surface area contributed by atoms with Gasteiger partial charge in [0.15, 0.2) is 0 Å². The van der Waals surface area contributed by atoms with Crippen molar-refractivity contribution in [2.24, 2.45) is 0 Å². The first-order chi connectivity index (χ1) is 23.5. The van der Waals surface area contributed by atoms with Crippen molar-refractivity contribution in [3.05, 3.63) is 98.1 Å². The highest BCUT2D eigenvalue weighted by molar-refractivity contribution is 5.92. The maximum atomic E-state index is 11.7. The molecule has 12 heteroatoms. The number of amides is 4. The summed E-state index contributed by atoms with van der Waals surface area (Å²) in [4.78, 5) is 62.8. The maximum Gasteiger partial charge on any atom is 0.224 e. The summed E-state index contributed by atoms with van der Waals surface area (Å²) in [6.45, 7) is 0.